The van der Waals surface area contributed by atoms with Gasteiger partial charge in [-0.2, -0.15) is 0 Å². The van der Waals surface area contributed by atoms with Crippen molar-refractivity contribution >= 4 is 16.3 Å². The molecule has 1 nitrogen and oxygen atoms in total. The van der Waals surface area contributed by atoms with Crippen LogP contribution in [0.25, 0.3) is 0 Å². The molecular weight excluding hydrogens is 118 g/mol. The smallest absolute Gasteiger partial charge is 0.0882 e. The van der Waals surface area contributed by atoms with Crippen LogP contribution in [0, 0.1) is 0 Å². The fourth-order valence-corrected chi connectivity index (χ4v) is 1.24. The van der Waals surface area contributed by atoms with E-state index in [1.54, 1.807) is 11.3 Å². The topological polar surface area (TPSA) is 12.0 Å². The van der Waals surface area contributed by atoms with Crippen molar-refractivity contribution < 1.29 is 0 Å². The van der Waals surface area contributed by atoms with E-state index in [2.05, 4.69) is 23.7 Å². The van der Waals surface area contributed by atoms with Crippen LogP contribution in [0.1, 0.15) is 6.92 Å². The molecule has 1 aromatic rings. The van der Waals surface area contributed by atoms with E-state index in [0.717, 1.165) is 6.54 Å². The molecule has 0 aromatic carbocycles. The van der Waals surface area contributed by atoms with E-state index in [0.29, 0.717) is 0 Å². The van der Waals surface area contributed by atoms with Crippen LogP contribution in [-0.2, 0) is 0 Å². The summed E-state index contributed by atoms with van der Waals surface area (Å²) in [5, 5.41) is 6.53. The first-order chi connectivity index (χ1) is 3.93. The summed E-state index contributed by atoms with van der Waals surface area (Å²) in [6.07, 6.45) is 0. The summed E-state index contributed by atoms with van der Waals surface area (Å²) in [7, 11) is 0. The molecule has 0 saturated heterocycles. The summed E-state index contributed by atoms with van der Waals surface area (Å²) in [4.78, 5) is 0. The molecule has 8 heavy (non-hydrogen) atoms. The molecule has 1 N–H and O–H groups in total. The molecule has 1 aromatic heterocycles. The number of anilines is 1. The molecule has 2 heteroatoms. The van der Waals surface area contributed by atoms with Gasteiger partial charge in [0.25, 0.3) is 0 Å². The van der Waals surface area contributed by atoms with Crippen LogP contribution in [0.2, 0.25) is 0 Å². The molecule has 0 aliphatic carbocycles. The van der Waals surface area contributed by atoms with Crippen LogP contribution in [0.15, 0.2) is 17.5 Å². The molecule has 0 atom stereocenters. The van der Waals surface area contributed by atoms with E-state index in [1.807, 2.05) is 6.07 Å². The van der Waals surface area contributed by atoms with Gasteiger partial charge in [-0.05, 0) is 24.4 Å². The third-order valence-corrected chi connectivity index (χ3v) is 1.70. The maximum Gasteiger partial charge on any atom is 0.0882 e. The molecule has 1 rings (SSSR count). The average Bonchev–Trinajstić information content (AvgIpc) is 2.19. The molecule has 1 heterocycles. The third-order valence-electron chi connectivity index (χ3n) is 0.872. The quantitative estimate of drug-likeness (QED) is 0.642. The maximum absolute atomic E-state index is 3.21. The first-order valence-corrected chi connectivity index (χ1v) is 3.59. The normalized spacial score (nSPS) is 9.12. The molecule has 0 fully saturated rings. The summed E-state index contributed by atoms with van der Waals surface area (Å²) in [6, 6.07) is 4.12. The summed E-state index contributed by atoms with van der Waals surface area (Å²) in [5.74, 6) is 0. The van der Waals surface area contributed by atoms with Gasteiger partial charge in [0.2, 0.25) is 0 Å². The lowest BCUT2D eigenvalue weighted by Crippen LogP contribution is -1.91. The van der Waals surface area contributed by atoms with E-state index in [-0.39, 0.29) is 0 Å². The molecule has 0 amide bonds. The van der Waals surface area contributed by atoms with Crippen molar-refractivity contribution in [2.45, 2.75) is 6.92 Å². The largest absolute Gasteiger partial charge is 0.377 e. The van der Waals surface area contributed by atoms with E-state index >= 15 is 0 Å². The minimum Gasteiger partial charge on any atom is -0.377 e. The second kappa shape index (κ2) is 2.72. The van der Waals surface area contributed by atoms with Gasteiger partial charge in [0.15, 0.2) is 0 Å². The summed E-state index contributed by atoms with van der Waals surface area (Å²) in [5.41, 5.74) is 0. The van der Waals surface area contributed by atoms with E-state index in [1.165, 1.54) is 5.00 Å². The highest BCUT2D eigenvalue weighted by Gasteiger charge is 1.84. The Morgan fingerprint density at radius 1 is 1.75 bits per heavy atom. The highest BCUT2D eigenvalue weighted by atomic mass is 32.1. The molecule has 0 aliphatic rings. The number of rotatable bonds is 2. The Kier molecular flexibility index (Phi) is 1.92. The maximum atomic E-state index is 3.21. The Hall–Kier alpha value is -0.500. The second-order valence-electron chi connectivity index (χ2n) is 1.51. The fraction of sp³-hybridized carbons (Fsp3) is 0.333. The van der Waals surface area contributed by atoms with Gasteiger partial charge in [0.1, 0.15) is 0 Å². The van der Waals surface area contributed by atoms with Crippen molar-refractivity contribution in [1.29, 1.82) is 0 Å². The predicted molar refractivity (Wildman–Crippen MR) is 38.5 cm³/mol. The highest BCUT2D eigenvalue weighted by Crippen LogP contribution is 2.13. The number of thiophene rings is 1. The van der Waals surface area contributed by atoms with Gasteiger partial charge >= 0.3 is 0 Å². The van der Waals surface area contributed by atoms with Gasteiger partial charge in [-0.3, -0.25) is 0 Å². The number of hydrogen-bond donors (Lipinski definition) is 1. The molecule has 0 saturated carbocycles. The molecule has 0 bridgehead atoms. The SMILES string of the molecule is CCNc1cccs1. The standard InChI is InChI=1S/C6H9NS/c1-2-7-6-4-3-5-8-6/h3-5,7H,2H2,1H3. The van der Waals surface area contributed by atoms with E-state index < -0.39 is 0 Å². The lowest BCUT2D eigenvalue weighted by molar-refractivity contribution is 1.23. The first-order valence-electron chi connectivity index (χ1n) is 2.71. The van der Waals surface area contributed by atoms with Crippen molar-refractivity contribution in [3.63, 3.8) is 0 Å². The lowest BCUT2D eigenvalue weighted by Gasteiger charge is -1.93. The number of hydrogen-bond acceptors (Lipinski definition) is 2. The van der Waals surface area contributed by atoms with Gasteiger partial charge < -0.3 is 5.32 Å². The zero-order chi connectivity index (χ0) is 5.82. The average molecular weight is 127 g/mol. The van der Waals surface area contributed by atoms with Crippen LogP contribution in [-0.4, -0.2) is 6.54 Å². The zero-order valence-corrected chi connectivity index (χ0v) is 5.66. The molecule has 0 spiro atoms. The molecule has 0 unspecified atom stereocenters. The Labute approximate surface area is 53.4 Å². The van der Waals surface area contributed by atoms with Crippen LogP contribution < -0.4 is 5.32 Å². The summed E-state index contributed by atoms with van der Waals surface area (Å²) >= 11 is 1.74. The molecule has 0 aliphatic heterocycles. The van der Waals surface area contributed by atoms with Crippen molar-refractivity contribution in [2.75, 3.05) is 11.9 Å². The van der Waals surface area contributed by atoms with Gasteiger partial charge in [0, 0.05) is 6.54 Å². The highest BCUT2D eigenvalue weighted by molar-refractivity contribution is 7.14. The fourth-order valence-electron chi connectivity index (χ4n) is 0.553. The minimum atomic E-state index is 1.01. The van der Waals surface area contributed by atoms with Crippen molar-refractivity contribution in [1.82, 2.24) is 0 Å². The van der Waals surface area contributed by atoms with E-state index in [4.69, 9.17) is 0 Å². The minimum absolute atomic E-state index is 1.01. The Morgan fingerprint density at radius 3 is 3.12 bits per heavy atom. The lowest BCUT2D eigenvalue weighted by atomic mass is 10.6. The first kappa shape index (κ1) is 5.63. The van der Waals surface area contributed by atoms with Crippen molar-refractivity contribution in [3.8, 4) is 0 Å². The Bertz CT molecular complexity index is 134. The number of nitrogens with one attached hydrogen (secondary N) is 1. The van der Waals surface area contributed by atoms with Gasteiger partial charge in [0.05, 0.1) is 5.00 Å². The third kappa shape index (κ3) is 1.23. The van der Waals surface area contributed by atoms with E-state index in [9.17, 15) is 0 Å². The van der Waals surface area contributed by atoms with Gasteiger partial charge in [-0.1, -0.05) is 0 Å². The Balaban J connectivity index is 2.50. The zero-order valence-electron chi connectivity index (χ0n) is 4.85. The predicted octanol–water partition coefficient (Wildman–Crippen LogP) is 2.18. The summed E-state index contributed by atoms with van der Waals surface area (Å²) in [6.45, 7) is 3.11. The van der Waals surface area contributed by atoms with Crippen molar-refractivity contribution in [2.24, 2.45) is 0 Å². The van der Waals surface area contributed by atoms with Crippen LogP contribution in [0.3, 0.4) is 0 Å². The van der Waals surface area contributed by atoms with Crippen LogP contribution >= 0.6 is 11.3 Å². The monoisotopic (exact) mass is 127 g/mol. The van der Waals surface area contributed by atoms with Crippen LogP contribution in [0.5, 0.6) is 0 Å². The van der Waals surface area contributed by atoms with Crippen LogP contribution in [0.4, 0.5) is 5.00 Å². The summed E-state index contributed by atoms with van der Waals surface area (Å²) < 4.78 is 0. The van der Waals surface area contributed by atoms with Gasteiger partial charge in [-0.15, -0.1) is 11.3 Å². The molecule has 0 radical (unpaired) electrons. The molecule has 44 valence electrons. The molecular formula is C6H9NS. The van der Waals surface area contributed by atoms with Gasteiger partial charge in [-0.25, -0.2) is 0 Å². The second-order valence-corrected chi connectivity index (χ2v) is 2.46. The Morgan fingerprint density at radius 2 is 2.62 bits per heavy atom. The van der Waals surface area contributed by atoms with Crippen molar-refractivity contribution in [3.05, 3.63) is 17.5 Å².